The molecule has 0 bridgehead atoms. The molecule has 6 atom stereocenters. The average Bonchev–Trinajstić information content (AvgIpc) is 3.55. The molecule has 0 spiro atoms. The second kappa shape index (κ2) is 56.8. The zero-order valence-electron chi connectivity index (χ0n) is 51.1. The molecule has 0 amide bonds. The van der Waals surface area contributed by atoms with Crippen LogP contribution in [0.1, 0.15) is 213 Å². The van der Waals surface area contributed by atoms with E-state index >= 15 is 0 Å². The van der Waals surface area contributed by atoms with Gasteiger partial charge in [-0.15, -0.1) is 0 Å². The molecule has 0 aliphatic carbocycles. The average molecular weight is 1150 g/mol. The number of rotatable bonds is 51. The van der Waals surface area contributed by atoms with Crippen molar-refractivity contribution in [3.05, 3.63) is 158 Å². The van der Waals surface area contributed by atoms with Gasteiger partial charge in [0.25, 0.3) is 0 Å². The zero-order chi connectivity index (χ0) is 60.3. The van der Waals surface area contributed by atoms with Crippen LogP contribution < -0.4 is 0 Å². The van der Waals surface area contributed by atoms with Gasteiger partial charge >= 0.3 is 23.9 Å². The zero-order valence-corrected chi connectivity index (χ0v) is 51.1. The topological polar surface area (TPSA) is 175 Å². The molecule has 0 aromatic rings. The minimum absolute atomic E-state index is 0.0317. The van der Waals surface area contributed by atoms with Crippen LogP contribution in [-0.2, 0) is 42.9 Å². The van der Waals surface area contributed by atoms with Crippen LogP contribution in [0.25, 0.3) is 0 Å². The fourth-order valence-corrected chi connectivity index (χ4v) is 8.38. The van der Waals surface area contributed by atoms with Crippen LogP contribution in [0.3, 0.4) is 0 Å². The maximum atomic E-state index is 13.2. The van der Waals surface area contributed by atoms with E-state index in [1.165, 1.54) is 0 Å². The first-order valence-corrected chi connectivity index (χ1v) is 31.5. The highest BCUT2D eigenvalue weighted by Gasteiger charge is 2.50. The molecule has 0 radical (unpaired) electrons. The number of aliphatic hydroxyl groups is 2. The summed E-state index contributed by atoms with van der Waals surface area (Å²) in [5.74, 6) is -3.27. The predicted octanol–water partition coefficient (Wildman–Crippen LogP) is 16.9. The van der Waals surface area contributed by atoms with Crippen molar-refractivity contribution in [1.82, 2.24) is 0 Å². The Kier molecular flexibility index (Phi) is 51.6. The molecule has 464 valence electrons. The summed E-state index contributed by atoms with van der Waals surface area (Å²) < 4.78 is 28.4. The number of carboxylic acid groups (broad SMARTS) is 1. The quantitative estimate of drug-likeness (QED) is 0.0228. The smallest absolute Gasteiger partial charge is 0.335 e. The fraction of sp³-hybridized carbons (Fsp3) is 0.577. The minimum atomic E-state index is -1.94. The summed E-state index contributed by atoms with van der Waals surface area (Å²) in [5.41, 5.74) is 0. The third-order valence-corrected chi connectivity index (χ3v) is 13.1. The number of hydrogen-bond acceptors (Lipinski definition) is 11. The maximum Gasteiger partial charge on any atom is 0.335 e. The van der Waals surface area contributed by atoms with E-state index < -0.39 is 67.3 Å². The molecule has 1 rings (SSSR count). The van der Waals surface area contributed by atoms with Gasteiger partial charge < -0.3 is 39.0 Å². The molecule has 1 aliphatic rings. The van der Waals surface area contributed by atoms with E-state index in [2.05, 4.69) is 167 Å². The molecule has 83 heavy (non-hydrogen) atoms. The molecule has 6 unspecified atom stereocenters. The Labute approximate surface area is 501 Å². The standard InChI is InChI=1S/C71H108O12/c1-4-7-10-13-16-19-22-25-28-31-32-35-36-39-42-45-48-51-54-57-63(72)79-60-62(81-64(73)58-55-52-49-46-43-40-37-33-29-26-23-20-17-14-11-8-5-2)61-80-71-69(67(76)66(75)68(83-71)70(77)78)82-65(74)59-56-53-50-47-44-41-38-34-30-27-24-21-18-15-12-9-6-3/h7-12,16-21,25-30,32,35,37-38,40-41,47,50,62,66-69,71,75-76H,4-6,13-15,22-24,31,33-34,36,39,42-46,48-49,51-61H2,1-3H3,(H,77,78)/b10-7-,11-8-,12-9-,19-16-,20-17-,21-18-,28-25-,29-26-,30-27-,35-32-,40-37-,41-38-,50-47-. The SMILES string of the molecule is CC/C=C\C/C=C\C/C=C\C/C=C\C/C=C\CCCC(=O)OC1C(OCC(COC(=O)CCCCCCCC/C=C\C/C=C\C/C=C\C/C=C\CC)OC(=O)CCCCCC/C=C\C/C=C\C/C=C\C/C=C\CC)OC(C(=O)O)C(O)C1O. The van der Waals surface area contributed by atoms with E-state index in [9.17, 15) is 34.5 Å². The molecule has 1 fully saturated rings. The number of aliphatic carboxylic acids is 1. The Bertz CT molecular complexity index is 2050. The van der Waals surface area contributed by atoms with E-state index in [1.54, 1.807) is 0 Å². The van der Waals surface area contributed by atoms with Gasteiger partial charge in [0, 0.05) is 19.3 Å². The predicted molar refractivity (Wildman–Crippen MR) is 339 cm³/mol. The summed E-state index contributed by atoms with van der Waals surface area (Å²) in [6.45, 7) is 5.59. The third-order valence-electron chi connectivity index (χ3n) is 13.1. The molecule has 1 saturated heterocycles. The van der Waals surface area contributed by atoms with E-state index in [-0.39, 0.29) is 25.9 Å². The first kappa shape index (κ1) is 75.4. The monoisotopic (exact) mass is 1150 g/mol. The highest BCUT2D eigenvalue weighted by molar-refractivity contribution is 5.74. The number of carboxylic acids is 1. The van der Waals surface area contributed by atoms with E-state index in [0.29, 0.717) is 25.7 Å². The Morgan fingerprint density at radius 1 is 0.398 bits per heavy atom. The lowest BCUT2D eigenvalue weighted by Gasteiger charge is -2.40. The van der Waals surface area contributed by atoms with Crippen molar-refractivity contribution in [1.29, 1.82) is 0 Å². The highest BCUT2D eigenvalue weighted by atomic mass is 16.7. The first-order chi connectivity index (χ1) is 40.6. The van der Waals surface area contributed by atoms with Gasteiger partial charge in [0.05, 0.1) is 6.61 Å². The van der Waals surface area contributed by atoms with Gasteiger partial charge in [-0.05, 0) is 135 Å². The number of esters is 3. The third kappa shape index (κ3) is 46.4. The summed E-state index contributed by atoms with van der Waals surface area (Å²) in [6, 6.07) is 0. The number of carbonyl (C=O) groups is 4. The van der Waals surface area contributed by atoms with Gasteiger partial charge in [0.15, 0.2) is 24.6 Å². The molecule has 12 heteroatoms. The van der Waals surface area contributed by atoms with E-state index in [1.807, 2.05) is 12.2 Å². The summed E-state index contributed by atoms with van der Waals surface area (Å²) in [5, 5.41) is 31.6. The van der Waals surface area contributed by atoms with Gasteiger partial charge in [-0.1, -0.05) is 217 Å². The van der Waals surface area contributed by atoms with Crippen LogP contribution >= 0.6 is 0 Å². The van der Waals surface area contributed by atoms with Crippen LogP contribution in [0.15, 0.2) is 158 Å². The number of carbonyl (C=O) groups excluding carboxylic acids is 3. The highest BCUT2D eigenvalue weighted by Crippen LogP contribution is 2.26. The van der Waals surface area contributed by atoms with Crippen molar-refractivity contribution in [2.45, 2.75) is 250 Å². The normalized spacial score (nSPS) is 18.7. The fourth-order valence-electron chi connectivity index (χ4n) is 8.38. The molecule has 1 aliphatic heterocycles. The second-order valence-corrected chi connectivity index (χ2v) is 20.5. The molecule has 0 saturated carbocycles. The van der Waals surface area contributed by atoms with Crippen molar-refractivity contribution in [3.63, 3.8) is 0 Å². The van der Waals surface area contributed by atoms with Gasteiger partial charge in [-0.2, -0.15) is 0 Å². The summed E-state index contributed by atoms with van der Waals surface area (Å²) in [4.78, 5) is 51.3. The van der Waals surface area contributed by atoms with Crippen molar-refractivity contribution in [2.75, 3.05) is 13.2 Å². The Hall–Kier alpha value is -5.66. The van der Waals surface area contributed by atoms with Crippen molar-refractivity contribution in [2.24, 2.45) is 0 Å². The van der Waals surface area contributed by atoms with Crippen molar-refractivity contribution >= 4 is 23.9 Å². The molecule has 12 nitrogen and oxygen atoms in total. The van der Waals surface area contributed by atoms with Crippen LogP contribution in [0.2, 0.25) is 0 Å². The number of ether oxygens (including phenoxy) is 5. The van der Waals surface area contributed by atoms with Gasteiger partial charge in [0.2, 0.25) is 0 Å². The van der Waals surface area contributed by atoms with E-state index in [4.69, 9.17) is 23.7 Å². The first-order valence-electron chi connectivity index (χ1n) is 31.5. The second-order valence-electron chi connectivity index (χ2n) is 20.5. The molecule has 0 aromatic carbocycles. The summed E-state index contributed by atoms with van der Waals surface area (Å²) in [6.07, 6.45) is 70.6. The Balaban J connectivity index is 2.75. The Morgan fingerprint density at radius 2 is 0.735 bits per heavy atom. The number of unbranched alkanes of at least 4 members (excludes halogenated alkanes) is 11. The lowest BCUT2D eigenvalue weighted by Crippen LogP contribution is -2.61. The largest absolute Gasteiger partial charge is 0.479 e. The maximum absolute atomic E-state index is 13.2. The van der Waals surface area contributed by atoms with Crippen LogP contribution in [-0.4, -0.2) is 89.2 Å². The van der Waals surface area contributed by atoms with Gasteiger partial charge in [-0.3, -0.25) is 14.4 Å². The van der Waals surface area contributed by atoms with Crippen LogP contribution in [0.4, 0.5) is 0 Å². The van der Waals surface area contributed by atoms with Crippen LogP contribution in [0.5, 0.6) is 0 Å². The molecule has 3 N–H and O–H groups in total. The minimum Gasteiger partial charge on any atom is -0.479 e. The van der Waals surface area contributed by atoms with Crippen LogP contribution in [0, 0.1) is 0 Å². The molecular weight excluding hydrogens is 1040 g/mol. The number of hydrogen-bond donors (Lipinski definition) is 3. The summed E-state index contributed by atoms with van der Waals surface area (Å²) >= 11 is 0. The molecule has 1 heterocycles. The summed E-state index contributed by atoms with van der Waals surface area (Å²) in [7, 11) is 0. The number of allylic oxidation sites excluding steroid dienone is 26. The van der Waals surface area contributed by atoms with Crippen molar-refractivity contribution < 1.29 is 58.2 Å². The molecule has 0 aromatic heterocycles. The lowest BCUT2D eigenvalue weighted by molar-refractivity contribution is -0.301. The Morgan fingerprint density at radius 3 is 1.13 bits per heavy atom. The van der Waals surface area contributed by atoms with Gasteiger partial charge in [-0.25, -0.2) is 4.79 Å². The lowest BCUT2D eigenvalue weighted by atomic mass is 9.98. The van der Waals surface area contributed by atoms with Crippen molar-refractivity contribution in [3.8, 4) is 0 Å². The number of aliphatic hydroxyl groups excluding tert-OH is 2. The van der Waals surface area contributed by atoms with E-state index in [0.717, 1.165) is 148 Å². The molecular formula is C71H108O12. The van der Waals surface area contributed by atoms with Gasteiger partial charge in [0.1, 0.15) is 18.8 Å².